The Balaban J connectivity index is 0.00000338. The van der Waals surface area contributed by atoms with Crippen LogP contribution in [0.15, 0.2) is 24.3 Å². The van der Waals surface area contributed by atoms with Gasteiger partial charge < -0.3 is 19.9 Å². The van der Waals surface area contributed by atoms with Gasteiger partial charge in [0.2, 0.25) is 5.91 Å². The van der Waals surface area contributed by atoms with Crippen LogP contribution in [0.4, 0.5) is 0 Å². The lowest BCUT2D eigenvalue weighted by atomic mass is 10.2. The quantitative estimate of drug-likeness (QED) is 0.778. The van der Waals surface area contributed by atoms with Crippen molar-refractivity contribution in [3.8, 4) is 5.75 Å². The summed E-state index contributed by atoms with van der Waals surface area (Å²) >= 11 is 0. The second-order valence-corrected chi connectivity index (χ2v) is 6.32. The summed E-state index contributed by atoms with van der Waals surface area (Å²) in [5.41, 5.74) is 1.24. The molecule has 2 rings (SSSR count). The van der Waals surface area contributed by atoms with Gasteiger partial charge in [0.1, 0.15) is 5.75 Å². The van der Waals surface area contributed by atoms with Crippen LogP contribution in [0.5, 0.6) is 5.75 Å². The van der Waals surface area contributed by atoms with Gasteiger partial charge in [0.15, 0.2) is 6.10 Å². The average Bonchev–Trinajstić information content (AvgIpc) is 2.66. The number of hydrogen-bond donors (Lipinski definition) is 1. The number of carbonyl (C=O) groups is 2. The van der Waals surface area contributed by atoms with Crippen LogP contribution in [-0.2, 0) is 16.0 Å². The highest BCUT2D eigenvalue weighted by Gasteiger charge is 2.27. The minimum Gasteiger partial charge on any atom is -0.481 e. The monoisotopic (exact) mass is 383 g/mol. The predicted octanol–water partition coefficient (Wildman–Crippen LogP) is 1.72. The van der Waals surface area contributed by atoms with Crippen LogP contribution >= 0.6 is 12.4 Å². The first-order valence-electron chi connectivity index (χ1n) is 9.02. The maximum atomic E-state index is 12.6. The van der Waals surface area contributed by atoms with Crippen LogP contribution in [0.3, 0.4) is 0 Å². The molecule has 0 saturated carbocycles. The Kier molecular flexibility index (Phi) is 9.44. The average molecular weight is 384 g/mol. The summed E-state index contributed by atoms with van der Waals surface area (Å²) in [5, 5.41) is 2.98. The lowest BCUT2D eigenvalue weighted by molar-refractivity contribution is -0.143. The summed E-state index contributed by atoms with van der Waals surface area (Å²) in [6.45, 7) is 6.86. The van der Waals surface area contributed by atoms with Gasteiger partial charge in [-0.05, 0) is 38.1 Å². The van der Waals surface area contributed by atoms with E-state index in [0.29, 0.717) is 44.9 Å². The number of carbonyl (C=O) groups excluding carboxylic acids is 2. The number of amides is 2. The number of rotatable bonds is 7. The highest BCUT2D eigenvalue weighted by molar-refractivity contribution is 5.85. The van der Waals surface area contributed by atoms with Gasteiger partial charge in [0.25, 0.3) is 5.91 Å². The molecule has 1 aromatic rings. The van der Waals surface area contributed by atoms with Gasteiger partial charge >= 0.3 is 0 Å². The molecule has 1 N–H and O–H groups in total. The molecule has 1 atom stereocenters. The Morgan fingerprint density at radius 1 is 1.12 bits per heavy atom. The topological polar surface area (TPSA) is 61.9 Å². The summed E-state index contributed by atoms with van der Waals surface area (Å²) < 4.78 is 5.78. The largest absolute Gasteiger partial charge is 0.481 e. The summed E-state index contributed by atoms with van der Waals surface area (Å²) in [7, 11) is 1.83. The number of aryl methyl sites for hydroxylation is 1. The fourth-order valence-electron chi connectivity index (χ4n) is 2.88. The van der Waals surface area contributed by atoms with Crippen molar-refractivity contribution in [2.45, 2.75) is 32.8 Å². The molecule has 26 heavy (non-hydrogen) atoms. The fraction of sp³-hybridized carbons (Fsp3) is 0.579. The van der Waals surface area contributed by atoms with Gasteiger partial charge in [-0.1, -0.05) is 19.1 Å². The van der Waals surface area contributed by atoms with E-state index in [1.54, 1.807) is 11.8 Å². The number of benzene rings is 1. The third kappa shape index (κ3) is 6.18. The maximum Gasteiger partial charge on any atom is 0.263 e. The second-order valence-electron chi connectivity index (χ2n) is 6.32. The summed E-state index contributed by atoms with van der Waals surface area (Å²) in [5.74, 6) is 0.822. The number of nitrogens with one attached hydrogen (secondary N) is 1. The molecule has 0 bridgehead atoms. The van der Waals surface area contributed by atoms with Crippen molar-refractivity contribution in [1.82, 2.24) is 15.1 Å². The summed E-state index contributed by atoms with van der Waals surface area (Å²) in [4.78, 5) is 28.2. The summed E-state index contributed by atoms with van der Waals surface area (Å²) in [6, 6.07) is 7.84. The molecule has 0 aliphatic carbocycles. The van der Waals surface area contributed by atoms with Crippen molar-refractivity contribution < 1.29 is 14.3 Å². The Bertz CT molecular complexity index is 572. The van der Waals surface area contributed by atoms with E-state index in [9.17, 15) is 9.59 Å². The van der Waals surface area contributed by atoms with E-state index in [4.69, 9.17) is 4.74 Å². The smallest absolute Gasteiger partial charge is 0.263 e. The molecule has 1 unspecified atom stereocenters. The molecule has 1 fully saturated rings. The van der Waals surface area contributed by atoms with Crippen LogP contribution in [0.1, 0.15) is 25.8 Å². The number of ether oxygens (including phenoxy) is 1. The molecule has 6 nitrogen and oxygen atoms in total. The number of hydrogen-bond acceptors (Lipinski definition) is 4. The Morgan fingerprint density at radius 2 is 1.69 bits per heavy atom. The minimum absolute atomic E-state index is 0. The third-order valence-electron chi connectivity index (χ3n) is 4.53. The molecular weight excluding hydrogens is 354 g/mol. The van der Waals surface area contributed by atoms with Crippen molar-refractivity contribution in [2.75, 3.05) is 39.8 Å². The molecule has 7 heteroatoms. The zero-order valence-electron chi connectivity index (χ0n) is 15.9. The van der Waals surface area contributed by atoms with Crippen molar-refractivity contribution in [2.24, 2.45) is 0 Å². The third-order valence-corrected chi connectivity index (χ3v) is 4.53. The van der Waals surface area contributed by atoms with E-state index < -0.39 is 6.10 Å². The first kappa shape index (κ1) is 22.3. The van der Waals surface area contributed by atoms with Gasteiger partial charge in [-0.25, -0.2) is 0 Å². The molecule has 0 aromatic heterocycles. The highest BCUT2D eigenvalue weighted by Crippen LogP contribution is 2.15. The van der Waals surface area contributed by atoms with Gasteiger partial charge in [-0.15, -0.1) is 12.4 Å². The normalized spacial score (nSPS) is 15.2. The highest BCUT2D eigenvalue weighted by atomic mass is 35.5. The fourth-order valence-corrected chi connectivity index (χ4v) is 2.88. The number of piperazine rings is 1. The van der Waals surface area contributed by atoms with Gasteiger partial charge in [0, 0.05) is 39.1 Å². The molecular formula is C19H30ClN3O3. The van der Waals surface area contributed by atoms with Crippen molar-refractivity contribution >= 4 is 24.2 Å². The Morgan fingerprint density at radius 3 is 2.23 bits per heavy atom. The van der Waals surface area contributed by atoms with Crippen LogP contribution in [0.25, 0.3) is 0 Å². The predicted molar refractivity (Wildman–Crippen MR) is 105 cm³/mol. The minimum atomic E-state index is -0.529. The van der Waals surface area contributed by atoms with Crippen LogP contribution < -0.4 is 10.1 Å². The zero-order valence-corrected chi connectivity index (χ0v) is 16.7. The SMILES string of the molecule is CCc1ccc(OC(C)C(=O)N2CCN(C(=O)CCNC)CC2)cc1.Cl. The van der Waals surface area contributed by atoms with Crippen LogP contribution in [-0.4, -0.2) is 67.5 Å². The van der Waals surface area contributed by atoms with Gasteiger partial charge in [0.05, 0.1) is 0 Å². The molecule has 1 aliphatic rings. The van der Waals surface area contributed by atoms with Crippen molar-refractivity contribution in [3.63, 3.8) is 0 Å². The zero-order chi connectivity index (χ0) is 18.2. The van der Waals surface area contributed by atoms with E-state index in [-0.39, 0.29) is 24.2 Å². The first-order chi connectivity index (χ1) is 12.0. The lowest BCUT2D eigenvalue weighted by Gasteiger charge is -2.36. The van der Waals surface area contributed by atoms with E-state index in [2.05, 4.69) is 12.2 Å². The molecule has 0 spiro atoms. The van der Waals surface area contributed by atoms with Gasteiger partial charge in [-0.3, -0.25) is 9.59 Å². The second kappa shape index (κ2) is 11.0. The maximum absolute atomic E-state index is 12.6. The summed E-state index contributed by atoms with van der Waals surface area (Å²) in [6.07, 6.45) is 0.947. The lowest BCUT2D eigenvalue weighted by Crippen LogP contribution is -2.53. The molecule has 1 aliphatic heterocycles. The van der Waals surface area contributed by atoms with Gasteiger partial charge in [-0.2, -0.15) is 0 Å². The molecule has 0 radical (unpaired) electrons. The number of halogens is 1. The van der Waals surface area contributed by atoms with E-state index in [0.717, 1.165) is 6.42 Å². The first-order valence-corrected chi connectivity index (χ1v) is 9.02. The molecule has 2 amide bonds. The van der Waals surface area contributed by atoms with Crippen LogP contribution in [0, 0.1) is 0 Å². The van der Waals surface area contributed by atoms with E-state index in [1.165, 1.54) is 5.56 Å². The molecule has 1 saturated heterocycles. The Labute approximate surface area is 162 Å². The van der Waals surface area contributed by atoms with Crippen molar-refractivity contribution in [3.05, 3.63) is 29.8 Å². The van der Waals surface area contributed by atoms with E-state index >= 15 is 0 Å². The van der Waals surface area contributed by atoms with Crippen molar-refractivity contribution in [1.29, 1.82) is 0 Å². The standard InChI is InChI=1S/C19H29N3O3.ClH/c1-4-16-5-7-17(8-6-16)25-15(2)19(24)22-13-11-21(12-14-22)18(23)9-10-20-3;/h5-8,15,20H,4,9-14H2,1-3H3;1H. The Hall–Kier alpha value is -1.79. The van der Waals surface area contributed by atoms with Crippen LogP contribution in [0.2, 0.25) is 0 Å². The van der Waals surface area contributed by atoms with E-state index in [1.807, 2.05) is 36.2 Å². The molecule has 146 valence electrons. The molecule has 1 aromatic carbocycles. The molecule has 1 heterocycles. The number of nitrogens with zero attached hydrogens (tertiary/aromatic N) is 2.